The summed E-state index contributed by atoms with van der Waals surface area (Å²) < 4.78 is 5.20. The first-order valence-corrected chi connectivity index (χ1v) is 7.13. The number of rotatable bonds is 5. The van der Waals surface area contributed by atoms with Crippen molar-refractivity contribution < 1.29 is 9.53 Å². The number of hydrogen-bond acceptors (Lipinski definition) is 2. The molecule has 20 heavy (non-hydrogen) atoms. The number of aromatic nitrogens is 1. The van der Waals surface area contributed by atoms with E-state index in [0.717, 1.165) is 35.4 Å². The minimum Gasteiger partial charge on any atom is -0.462 e. The lowest BCUT2D eigenvalue weighted by molar-refractivity contribution is 0.0526. The summed E-state index contributed by atoms with van der Waals surface area (Å²) in [5, 5.41) is 0. The van der Waals surface area contributed by atoms with Crippen LogP contribution in [0.3, 0.4) is 0 Å². The van der Waals surface area contributed by atoms with E-state index in [1.165, 1.54) is 0 Å². The Morgan fingerprint density at radius 2 is 1.90 bits per heavy atom. The SMILES string of the molecule is CCCc1[nH]c(C)c(C(=O)OCC)c1-c1ccccc1. The highest BCUT2D eigenvalue weighted by molar-refractivity contribution is 5.99. The molecule has 0 saturated carbocycles. The summed E-state index contributed by atoms with van der Waals surface area (Å²) in [4.78, 5) is 15.6. The predicted octanol–water partition coefficient (Wildman–Crippen LogP) is 4.12. The Bertz CT molecular complexity index is 585. The number of aromatic amines is 1. The average molecular weight is 271 g/mol. The fourth-order valence-electron chi connectivity index (χ4n) is 2.51. The maximum atomic E-state index is 12.2. The van der Waals surface area contributed by atoms with Crippen LogP contribution in [0.1, 0.15) is 42.0 Å². The van der Waals surface area contributed by atoms with E-state index in [1.54, 1.807) is 0 Å². The zero-order valence-corrected chi connectivity index (χ0v) is 12.3. The fraction of sp³-hybridized carbons (Fsp3) is 0.353. The van der Waals surface area contributed by atoms with Crippen LogP contribution >= 0.6 is 0 Å². The number of nitrogens with one attached hydrogen (secondary N) is 1. The molecule has 0 aliphatic rings. The topological polar surface area (TPSA) is 42.1 Å². The van der Waals surface area contributed by atoms with Gasteiger partial charge in [-0.1, -0.05) is 43.7 Å². The second-order valence-electron chi connectivity index (χ2n) is 4.82. The summed E-state index contributed by atoms with van der Waals surface area (Å²) in [5.74, 6) is -0.248. The van der Waals surface area contributed by atoms with Gasteiger partial charge in [-0.05, 0) is 25.8 Å². The van der Waals surface area contributed by atoms with Crippen molar-refractivity contribution in [1.29, 1.82) is 0 Å². The van der Waals surface area contributed by atoms with E-state index >= 15 is 0 Å². The third-order valence-corrected chi connectivity index (χ3v) is 3.31. The molecule has 0 radical (unpaired) electrons. The van der Waals surface area contributed by atoms with Gasteiger partial charge in [0.05, 0.1) is 12.2 Å². The molecule has 0 spiro atoms. The molecule has 0 unspecified atom stereocenters. The van der Waals surface area contributed by atoms with Crippen molar-refractivity contribution in [3.8, 4) is 11.1 Å². The van der Waals surface area contributed by atoms with Gasteiger partial charge in [-0.2, -0.15) is 0 Å². The van der Waals surface area contributed by atoms with Crippen LogP contribution in [-0.2, 0) is 11.2 Å². The Morgan fingerprint density at radius 3 is 2.50 bits per heavy atom. The molecule has 0 aliphatic heterocycles. The summed E-state index contributed by atoms with van der Waals surface area (Å²) in [6, 6.07) is 10.0. The average Bonchev–Trinajstić information content (AvgIpc) is 2.77. The van der Waals surface area contributed by atoms with Gasteiger partial charge in [0.1, 0.15) is 0 Å². The van der Waals surface area contributed by atoms with Crippen LogP contribution in [0.2, 0.25) is 0 Å². The zero-order chi connectivity index (χ0) is 14.5. The van der Waals surface area contributed by atoms with Crippen molar-refractivity contribution in [1.82, 2.24) is 4.98 Å². The second-order valence-corrected chi connectivity index (χ2v) is 4.82. The van der Waals surface area contributed by atoms with Crippen molar-refractivity contribution in [2.75, 3.05) is 6.61 Å². The Morgan fingerprint density at radius 1 is 1.20 bits per heavy atom. The van der Waals surface area contributed by atoms with Crippen molar-refractivity contribution in [2.45, 2.75) is 33.6 Å². The van der Waals surface area contributed by atoms with E-state index in [2.05, 4.69) is 11.9 Å². The van der Waals surface area contributed by atoms with Crippen molar-refractivity contribution in [2.24, 2.45) is 0 Å². The highest BCUT2D eigenvalue weighted by atomic mass is 16.5. The second kappa shape index (κ2) is 6.42. The Labute approximate surface area is 120 Å². The predicted molar refractivity (Wildman–Crippen MR) is 80.9 cm³/mol. The molecule has 3 nitrogen and oxygen atoms in total. The highest BCUT2D eigenvalue weighted by Gasteiger charge is 2.22. The summed E-state index contributed by atoms with van der Waals surface area (Å²) >= 11 is 0. The first kappa shape index (κ1) is 14.4. The van der Waals surface area contributed by atoms with Crippen LogP contribution in [0, 0.1) is 6.92 Å². The lowest BCUT2D eigenvalue weighted by Gasteiger charge is -2.07. The largest absolute Gasteiger partial charge is 0.462 e. The molecule has 0 aliphatic carbocycles. The van der Waals surface area contributed by atoms with Gasteiger partial charge in [-0.3, -0.25) is 0 Å². The van der Waals surface area contributed by atoms with Gasteiger partial charge in [-0.25, -0.2) is 4.79 Å². The van der Waals surface area contributed by atoms with E-state index in [9.17, 15) is 4.79 Å². The standard InChI is InChI=1S/C17H21NO2/c1-4-9-14-16(13-10-7-6-8-11-13)15(12(3)18-14)17(19)20-5-2/h6-8,10-11,18H,4-5,9H2,1-3H3. The molecule has 2 rings (SSSR count). The van der Waals surface area contributed by atoms with Crippen LogP contribution in [-0.4, -0.2) is 17.6 Å². The normalized spacial score (nSPS) is 10.6. The smallest absolute Gasteiger partial charge is 0.340 e. The minimum atomic E-state index is -0.248. The van der Waals surface area contributed by atoms with Crippen molar-refractivity contribution in [3.63, 3.8) is 0 Å². The number of ether oxygens (including phenoxy) is 1. The number of benzene rings is 1. The minimum absolute atomic E-state index is 0.248. The van der Waals surface area contributed by atoms with Gasteiger partial charge in [-0.15, -0.1) is 0 Å². The van der Waals surface area contributed by atoms with Gasteiger partial charge in [0, 0.05) is 17.0 Å². The molecule has 2 aromatic rings. The number of H-pyrrole nitrogens is 1. The summed E-state index contributed by atoms with van der Waals surface area (Å²) in [6.45, 7) is 6.28. The molecule has 1 N–H and O–H groups in total. The van der Waals surface area contributed by atoms with Gasteiger partial charge in [0.15, 0.2) is 0 Å². The van der Waals surface area contributed by atoms with Gasteiger partial charge >= 0.3 is 5.97 Å². The van der Waals surface area contributed by atoms with E-state index in [4.69, 9.17) is 4.74 Å². The molecule has 0 saturated heterocycles. The Hall–Kier alpha value is -2.03. The first-order chi connectivity index (χ1) is 9.69. The summed E-state index contributed by atoms with van der Waals surface area (Å²) in [6.07, 6.45) is 1.95. The molecule has 3 heteroatoms. The maximum Gasteiger partial charge on any atom is 0.340 e. The third kappa shape index (κ3) is 2.77. The summed E-state index contributed by atoms with van der Waals surface area (Å²) in [5.41, 5.74) is 4.71. The van der Waals surface area contributed by atoms with Gasteiger partial charge in [0.25, 0.3) is 0 Å². The van der Waals surface area contributed by atoms with Crippen LogP contribution in [0.15, 0.2) is 30.3 Å². The number of hydrogen-bond donors (Lipinski definition) is 1. The van der Waals surface area contributed by atoms with Crippen molar-refractivity contribution in [3.05, 3.63) is 47.3 Å². The quantitative estimate of drug-likeness (QED) is 0.831. The number of esters is 1. The van der Waals surface area contributed by atoms with E-state index in [0.29, 0.717) is 12.2 Å². The Balaban J connectivity index is 2.58. The molecule has 1 aromatic heterocycles. The monoisotopic (exact) mass is 271 g/mol. The van der Waals surface area contributed by atoms with Crippen LogP contribution in [0.4, 0.5) is 0 Å². The van der Waals surface area contributed by atoms with Gasteiger partial charge < -0.3 is 9.72 Å². The maximum absolute atomic E-state index is 12.2. The first-order valence-electron chi connectivity index (χ1n) is 7.13. The van der Waals surface area contributed by atoms with E-state index in [1.807, 2.05) is 44.2 Å². The molecule has 1 aromatic carbocycles. The lowest BCUT2D eigenvalue weighted by atomic mass is 9.98. The molecular weight excluding hydrogens is 250 g/mol. The molecule has 0 atom stereocenters. The van der Waals surface area contributed by atoms with Gasteiger partial charge in [0.2, 0.25) is 0 Å². The number of carbonyl (C=O) groups excluding carboxylic acids is 1. The number of carbonyl (C=O) groups is 1. The van der Waals surface area contributed by atoms with E-state index in [-0.39, 0.29) is 5.97 Å². The number of aryl methyl sites for hydroxylation is 2. The summed E-state index contributed by atoms with van der Waals surface area (Å²) in [7, 11) is 0. The Kier molecular flexibility index (Phi) is 4.61. The van der Waals surface area contributed by atoms with Crippen LogP contribution in [0.5, 0.6) is 0 Å². The van der Waals surface area contributed by atoms with Crippen LogP contribution in [0.25, 0.3) is 11.1 Å². The highest BCUT2D eigenvalue weighted by Crippen LogP contribution is 2.31. The zero-order valence-electron chi connectivity index (χ0n) is 12.3. The van der Waals surface area contributed by atoms with E-state index < -0.39 is 0 Å². The third-order valence-electron chi connectivity index (χ3n) is 3.31. The molecule has 0 fully saturated rings. The lowest BCUT2D eigenvalue weighted by Crippen LogP contribution is -2.06. The van der Waals surface area contributed by atoms with Crippen LogP contribution < -0.4 is 0 Å². The van der Waals surface area contributed by atoms with Crippen molar-refractivity contribution >= 4 is 5.97 Å². The molecule has 1 heterocycles. The molecule has 0 amide bonds. The molecule has 106 valence electrons. The fourth-order valence-corrected chi connectivity index (χ4v) is 2.51. The molecular formula is C17H21NO2. The molecule has 0 bridgehead atoms.